The third-order valence-corrected chi connectivity index (χ3v) is 6.58. The zero-order valence-corrected chi connectivity index (χ0v) is 19.6. The Balaban J connectivity index is 1.36. The second-order valence-corrected chi connectivity index (χ2v) is 8.98. The Labute approximate surface area is 210 Å². The van der Waals surface area contributed by atoms with Crippen LogP contribution in [0, 0.1) is 5.92 Å². The van der Waals surface area contributed by atoms with Crippen molar-refractivity contribution in [2.75, 3.05) is 25.2 Å². The lowest BCUT2D eigenvalue weighted by molar-refractivity contribution is -0.248. The van der Waals surface area contributed by atoms with E-state index in [0.717, 1.165) is 5.39 Å². The Morgan fingerprint density at radius 2 is 1.76 bits per heavy atom. The fraction of sp³-hybridized carbons (Fsp3) is 0.591. The number of benzene rings is 1. The molecule has 2 aliphatic rings. The van der Waals surface area contributed by atoms with Crippen LogP contribution in [0.5, 0.6) is 0 Å². The number of carbonyl (C=O) groups is 1. The van der Waals surface area contributed by atoms with Crippen LogP contribution >= 0.6 is 0 Å². The fourth-order valence-electron chi connectivity index (χ4n) is 4.36. The number of hydrazine groups is 1. The first-order valence-corrected chi connectivity index (χ1v) is 11.6. The molecule has 37 heavy (non-hydrogen) atoms. The van der Waals surface area contributed by atoms with Crippen molar-refractivity contribution in [2.24, 2.45) is 11.7 Å². The Hall–Kier alpha value is -2.57. The van der Waals surface area contributed by atoms with E-state index < -0.39 is 73.5 Å². The quantitative estimate of drug-likeness (QED) is 0.149. The molecule has 204 valence electrons. The van der Waals surface area contributed by atoms with Crippen LogP contribution in [0.15, 0.2) is 30.5 Å². The van der Waals surface area contributed by atoms with E-state index in [1.807, 2.05) is 12.1 Å². The maximum absolute atomic E-state index is 12.8. The van der Waals surface area contributed by atoms with Crippen molar-refractivity contribution >= 4 is 22.5 Å². The van der Waals surface area contributed by atoms with Gasteiger partial charge in [-0.25, -0.2) is 0 Å². The van der Waals surface area contributed by atoms with Crippen LogP contribution in [0.25, 0.3) is 10.8 Å². The van der Waals surface area contributed by atoms with E-state index in [2.05, 4.69) is 21.0 Å². The van der Waals surface area contributed by atoms with Gasteiger partial charge in [-0.2, -0.15) is 5.10 Å². The molecule has 1 aromatic heterocycles. The van der Waals surface area contributed by atoms with Crippen LogP contribution < -0.4 is 16.6 Å². The maximum atomic E-state index is 12.8. The summed E-state index contributed by atoms with van der Waals surface area (Å²) in [6.07, 6.45) is -10.1. The number of amides is 1. The molecule has 0 unspecified atom stereocenters. The van der Waals surface area contributed by atoms with E-state index in [0.29, 0.717) is 5.39 Å². The molecule has 0 aliphatic carbocycles. The number of nitrogens with two attached hydrogens (primary N) is 1. The van der Waals surface area contributed by atoms with Crippen molar-refractivity contribution in [3.05, 3.63) is 30.5 Å². The summed E-state index contributed by atoms with van der Waals surface area (Å²) < 4.78 is 16.1. The molecule has 2 aromatic rings. The number of hydrogen-bond donors (Lipinski definition) is 9. The van der Waals surface area contributed by atoms with Crippen molar-refractivity contribution in [3.8, 4) is 0 Å². The molecule has 0 spiro atoms. The second kappa shape index (κ2) is 11.9. The van der Waals surface area contributed by atoms with Gasteiger partial charge in [-0.1, -0.05) is 24.3 Å². The van der Waals surface area contributed by atoms with Gasteiger partial charge < -0.3 is 50.6 Å². The molecule has 0 radical (unpaired) electrons. The highest BCUT2D eigenvalue weighted by atomic mass is 16.6. The van der Waals surface area contributed by atoms with E-state index in [9.17, 15) is 35.4 Å². The first kappa shape index (κ1) is 27.5. The Morgan fingerprint density at radius 1 is 1.00 bits per heavy atom. The molecule has 2 saturated heterocycles. The average Bonchev–Trinajstić information content (AvgIpc) is 2.91. The van der Waals surface area contributed by atoms with E-state index in [-0.39, 0.29) is 19.0 Å². The highest BCUT2D eigenvalue weighted by Gasteiger charge is 2.47. The number of ether oxygens (including phenoxy) is 3. The van der Waals surface area contributed by atoms with Gasteiger partial charge in [0.15, 0.2) is 18.2 Å². The van der Waals surface area contributed by atoms with Crippen molar-refractivity contribution in [1.29, 1.82) is 0 Å². The van der Waals surface area contributed by atoms with Crippen molar-refractivity contribution in [1.82, 2.24) is 15.6 Å². The van der Waals surface area contributed by atoms with E-state index >= 15 is 0 Å². The number of nitrogens with zero attached hydrogens (tertiary/aromatic N) is 2. The molecule has 0 bridgehead atoms. The zero-order chi connectivity index (χ0) is 26.7. The molecule has 4 rings (SSSR count). The first-order valence-electron chi connectivity index (χ1n) is 11.6. The number of aliphatic hydroxyl groups excluding tert-OH is 6. The molecular formula is C22H31N5O10. The van der Waals surface area contributed by atoms with Gasteiger partial charge in [0.2, 0.25) is 0 Å². The number of hydrogen-bond acceptors (Lipinski definition) is 14. The van der Waals surface area contributed by atoms with Crippen molar-refractivity contribution in [3.63, 3.8) is 0 Å². The highest BCUT2D eigenvalue weighted by Crippen LogP contribution is 2.26. The largest absolute Gasteiger partial charge is 0.394 e. The van der Waals surface area contributed by atoms with Gasteiger partial charge in [-0.15, -0.1) is 5.10 Å². The standard InChI is InChI=1S/C22H31N5O10/c23-14-11(15(29)12(6-28)37-22(14)34)7-35-8-13-16(30)17(31)18(32)19(36-13)21(33)27-26-20-10-4-2-1-3-9(10)5-24-25-20/h1-5,11-19,22,28-32,34H,6-8,23H2,(H,25,26)(H,27,33)/t11-,12-,13+,14-,15+,16+,17-,18+,19+,22+/m1/s1. The topological polar surface area (TPSA) is 242 Å². The lowest BCUT2D eigenvalue weighted by Crippen LogP contribution is -2.63. The van der Waals surface area contributed by atoms with Crippen LogP contribution in [0.4, 0.5) is 5.82 Å². The molecule has 2 aliphatic heterocycles. The lowest BCUT2D eigenvalue weighted by Gasteiger charge is -2.42. The van der Waals surface area contributed by atoms with E-state index in [4.69, 9.17) is 19.9 Å². The number of anilines is 1. The monoisotopic (exact) mass is 525 g/mol. The van der Waals surface area contributed by atoms with Gasteiger partial charge in [0.05, 0.1) is 38.2 Å². The first-order chi connectivity index (χ1) is 17.7. The SMILES string of the molecule is N[C@@H]1[C@@H](COC[C@@H]2O[C@H](C(=O)NNc3nncc4ccccc34)[C@@H](O)[C@H](O)[C@H]2O)[C@H](O)[C@@H](CO)O[C@@H]1O. The third-order valence-electron chi connectivity index (χ3n) is 6.58. The van der Waals surface area contributed by atoms with Gasteiger partial charge in [0, 0.05) is 16.7 Å². The van der Waals surface area contributed by atoms with Gasteiger partial charge in [-0.3, -0.25) is 15.6 Å². The smallest absolute Gasteiger partial charge is 0.270 e. The molecule has 1 amide bonds. The summed E-state index contributed by atoms with van der Waals surface area (Å²) in [7, 11) is 0. The minimum Gasteiger partial charge on any atom is -0.394 e. The molecule has 15 nitrogen and oxygen atoms in total. The van der Waals surface area contributed by atoms with Crippen LogP contribution in [0.1, 0.15) is 0 Å². The molecule has 10 N–H and O–H groups in total. The lowest BCUT2D eigenvalue weighted by atomic mass is 9.88. The Kier molecular flexibility index (Phi) is 8.81. The molecular weight excluding hydrogens is 494 g/mol. The summed E-state index contributed by atoms with van der Waals surface area (Å²) in [6.45, 7) is -1.12. The normalized spacial score (nSPS) is 36.3. The number of carbonyl (C=O) groups excluding carboxylic acids is 1. The number of fused-ring (bicyclic) bond motifs is 1. The summed E-state index contributed by atoms with van der Waals surface area (Å²) in [5, 5.41) is 69.8. The van der Waals surface area contributed by atoms with Crippen LogP contribution in [-0.4, -0.2) is 122 Å². The molecule has 15 heteroatoms. The minimum atomic E-state index is -1.75. The molecule has 3 heterocycles. The molecule has 10 atom stereocenters. The van der Waals surface area contributed by atoms with E-state index in [1.54, 1.807) is 18.3 Å². The summed E-state index contributed by atoms with van der Waals surface area (Å²) in [5.74, 6) is -1.44. The van der Waals surface area contributed by atoms with Crippen molar-refractivity contribution in [2.45, 2.75) is 55.1 Å². The van der Waals surface area contributed by atoms with Crippen molar-refractivity contribution < 1.29 is 49.6 Å². The highest BCUT2D eigenvalue weighted by molar-refractivity contribution is 5.92. The van der Waals surface area contributed by atoms with Crippen LogP contribution in [-0.2, 0) is 19.0 Å². The summed E-state index contributed by atoms with van der Waals surface area (Å²) in [5.41, 5.74) is 10.9. The predicted molar refractivity (Wildman–Crippen MR) is 124 cm³/mol. The maximum Gasteiger partial charge on any atom is 0.270 e. The van der Waals surface area contributed by atoms with Crippen LogP contribution in [0.3, 0.4) is 0 Å². The number of aromatic nitrogens is 2. The number of aliphatic hydroxyl groups is 6. The van der Waals surface area contributed by atoms with Gasteiger partial charge in [0.25, 0.3) is 5.91 Å². The third kappa shape index (κ3) is 5.80. The molecule has 2 fully saturated rings. The number of nitrogens with one attached hydrogen (secondary N) is 2. The summed E-state index contributed by atoms with van der Waals surface area (Å²) >= 11 is 0. The summed E-state index contributed by atoms with van der Waals surface area (Å²) in [6, 6.07) is 6.15. The number of rotatable bonds is 8. The van der Waals surface area contributed by atoms with Gasteiger partial charge in [0.1, 0.15) is 30.5 Å². The predicted octanol–water partition coefficient (Wildman–Crippen LogP) is -4.05. The Morgan fingerprint density at radius 3 is 2.51 bits per heavy atom. The fourth-order valence-corrected chi connectivity index (χ4v) is 4.36. The molecule has 1 aromatic carbocycles. The minimum absolute atomic E-state index is 0.220. The Bertz CT molecular complexity index is 1060. The summed E-state index contributed by atoms with van der Waals surface area (Å²) in [4.78, 5) is 12.8. The van der Waals surface area contributed by atoms with E-state index in [1.165, 1.54) is 0 Å². The molecule has 0 saturated carbocycles. The van der Waals surface area contributed by atoms with Crippen LogP contribution in [0.2, 0.25) is 0 Å². The van der Waals surface area contributed by atoms with Gasteiger partial charge in [-0.05, 0) is 0 Å². The second-order valence-electron chi connectivity index (χ2n) is 8.98. The average molecular weight is 526 g/mol. The zero-order valence-electron chi connectivity index (χ0n) is 19.6. The van der Waals surface area contributed by atoms with Gasteiger partial charge >= 0.3 is 0 Å².